The molecule has 1 unspecified atom stereocenters. The van der Waals surface area contributed by atoms with Crippen molar-refractivity contribution in [2.75, 3.05) is 5.73 Å². The molecule has 2 rings (SSSR count). The molecule has 18 heavy (non-hydrogen) atoms. The molecule has 0 saturated carbocycles. The molecule has 96 valence electrons. The summed E-state index contributed by atoms with van der Waals surface area (Å²) >= 11 is 11.0. The lowest BCUT2D eigenvalue weighted by molar-refractivity contribution is 0.557. The lowest BCUT2D eigenvalue weighted by Gasteiger charge is -2.17. The summed E-state index contributed by atoms with van der Waals surface area (Å²) in [6.45, 7) is 0. The molecule has 0 aliphatic heterocycles. The van der Waals surface area contributed by atoms with E-state index < -0.39 is 0 Å². The van der Waals surface area contributed by atoms with E-state index in [-0.39, 0.29) is 6.04 Å². The van der Waals surface area contributed by atoms with Gasteiger partial charge >= 0.3 is 0 Å². The summed E-state index contributed by atoms with van der Waals surface area (Å²) in [5.74, 6) is 5.62. The summed E-state index contributed by atoms with van der Waals surface area (Å²) in [4.78, 5) is 1.24. The molecule has 0 saturated heterocycles. The van der Waals surface area contributed by atoms with Crippen LogP contribution in [0.25, 0.3) is 0 Å². The monoisotopic (exact) mass is 345 g/mol. The molecule has 1 aromatic heterocycles. The molecule has 1 heterocycles. The predicted octanol–water partition coefficient (Wildman–Crippen LogP) is 3.49. The van der Waals surface area contributed by atoms with Crippen LogP contribution in [0.2, 0.25) is 5.02 Å². The van der Waals surface area contributed by atoms with Crippen LogP contribution in [-0.4, -0.2) is 0 Å². The van der Waals surface area contributed by atoms with E-state index in [2.05, 4.69) is 27.4 Å². The van der Waals surface area contributed by atoms with Crippen LogP contribution < -0.4 is 17.0 Å². The number of hydrogen-bond acceptors (Lipinski definition) is 4. The van der Waals surface area contributed by atoms with Gasteiger partial charge < -0.3 is 5.73 Å². The molecule has 0 bridgehead atoms. The Balaban J connectivity index is 2.22. The Morgan fingerprint density at radius 1 is 1.33 bits per heavy atom. The molecule has 6 heteroatoms. The third-order valence-electron chi connectivity index (χ3n) is 2.66. The second-order valence-electron chi connectivity index (χ2n) is 3.90. The van der Waals surface area contributed by atoms with Crippen molar-refractivity contribution in [1.82, 2.24) is 5.43 Å². The van der Waals surface area contributed by atoms with Crippen molar-refractivity contribution >= 4 is 44.6 Å². The van der Waals surface area contributed by atoms with Gasteiger partial charge in [-0.3, -0.25) is 11.3 Å². The molecule has 0 amide bonds. The zero-order valence-corrected chi connectivity index (χ0v) is 12.6. The zero-order valence-electron chi connectivity index (χ0n) is 9.49. The van der Waals surface area contributed by atoms with Gasteiger partial charge in [-0.2, -0.15) is 0 Å². The smallest absolute Gasteiger partial charge is 0.0701 e. The van der Waals surface area contributed by atoms with Crippen molar-refractivity contribution in [3.8, 4) is 0 Å². The SMILES string of the molecule is NNC(Cc1ccc(Br)s1)c1ccc(Cl)cc1N. The van der Waals surface area contributed by atoms with Crippen molar-refractivity contribution in [2.45, 2.75) is 12.5 Å². The highest BCUT2D eigenvalue weighted by atomic mass is 79.9. The van der Waals surface area contributed by atoms with Gasteiger partial charge in [0, 0.05) is 22.0 Å². The Kier molecular flexibility index (Phi) is 4.64. The van der Waals surface area contributed by atoms with Gasteiger partial charge in [-0.25, -0.2) is 0 Å². The second-order valence-corrected chi connectivity index (χ2v) is 6.89. The van der Waals surface area contributed by atoms with Gasteiger partial charge in [-0.1, -0.05) is 17.7 Å². The first-order chi connectivity index (χ1) is 8.60. The Morgan fingerprint density at radius 3 is 2.67 bits per heavy atom. The van der Waals surface area contributed by atoms with Crippen LogP contribution in [0.4, 0.5) is 5.69 Å². The quantitative estimate of drug-likeness (QED) is 0.451. The number of thiophene rings is 1. The maximum Gasteiger partial charge on any atom is 0.0701 e. The summed E-state index contributed by atoms with van der Waals surface area (Å²) in [6.07, 6.45) is 0.790. The number of hydrazine groups is 1. The van der Waals surface area contributed by atoms with Crippen molar-refractivity contribution in [3.63, 3.8) is 0 Å². The number of hydrogen-bond donors (Lipinski definition) is 3. The zero-order chi connectivity index (χ0) is 13.1. The van der Waals surface area contributed by atoms with Crippen LogP contribution in [0, 0.1) is 0 Å². The Labute approximate surface area is 123 Å². The minimum atomic E-state index is -0.0205. The first-order valence-electron chi connectivity index (χ1n) is 5.35. The van der Waals surface area contributed by atoms with E-state index in [1.807, 2.05) is 18.2 Å². The molecule has 0 aliphatic rings. The van der Waals surface area contributed by atoms with Gasteiger partial charge in [0.1, 0.15) is 0 Å². The molecule has 3 nitrogen and oxygen atoms in total. The van der Waals surface area contributed by atoms with E-state index in [1.54, 1.807) is 17.4 Å². The third kappa shape index (κ3) is 3.24. The van der Waals surface area contributed by atoms with Crippen LogP contribution in [0.15, 0.2) is 34.1 Å². The number of nitrogen functional groups attached to an aromatic ring is 1. The van der Waals surface area contributed by atoms with E-state index in [9.17, 15) is 0 Å². The normalized spacial score (nSPS) is 12.6. The van der Waals surface area contributed by atoms with E-state index in [4.69, 9.17) is 23.2 Å². The van der Waals surface area contributed by atoms with E-state index in [0.717, 1.165) is 15.8 Å². The van der Waals surface area contributed by atoms with Crippen LogP contribution in [-0.2, 0) is 6.42 Å². The summed E-state index contributed by atoms with van der Waals surface area (Å²) in [7, 11) is 0. The minimum Gasteiger partial charge on any atom is -0.398 e. The summed E-state index contributed by atoms with van der Waals surface area (Å²) in [5.41, 5.74) is 10.4. The average molecular weight is 347 g/mol. The second kappa shape index (κ2) is 6.04. The van der Waals surface area contributed by atoms with Crippen molar-refractivity contribution < 1.29 is 0 Å². The number of benzene rings is 1. The lowest BCUT2D eigenvalue weighted by atomic mass is 10.0. The first kappa shape index (κ1) is 13.8. The number of halogens is 2. The van der Waals surface area contributed by atoms with Gasteiger partial charge in [0.05, 0.1) is 9.83 Å². The fourth-order valence-corrected chi connectivity index (χ4v) is 3.49. The van der Waals surface area contributed by atoms with Gasteiger partial charge in [0.2, 0.25) is 0 Å². The highest BCUT2D eigenvalue weighted by Crippen LogP contribution is 2.29. The van der Waals surface area contributed by atoms with Crippen LogP contribution in [0.1, 0.15) is 16.5 Å². The number of anilines is 1. The number of nitrogens with one attached hydrogen (secondary N) is 1. The molecule has 5 N–H and O–H groups in total. The van der Waals surface area contributed by atoms with Crippen molar-refractivity contribution in [1.29, 1.82) is 0 Å². The highest BCUT2D eigenvalue weighted by Gasteiger charge is 2.14. The Hall–Kier alpha value is -0.590. The maximum atomic E-state index is 5.97. The standard InChI is InChI=1S/C12H13BrClN3S/c13-12-4-2-8(18-12)6-11(17-16)9-3-1-7(14)5-10(9)15/h1-5,11,17H,6,15-16H2. The highest BCUT2D eigenvalue weighted by molar-refractivity contribution is 9.11. The van der Waals surface area contributed by atoms with Gasteiger partial charge in [0.15, 0.2) is 0 Å². The van der Waals surface area contributed by atoms with Crippen LogP contribution in [0.3, 0.4) is 0 Å². The molecular weight excluding hydrogens is 334 g/mol. The maximum absolute atomic E-state index is 5.97. The Bertz CT molecular complexity index is 544. The van der Waals surface area contributed by atoms with Gasteiger partial charge in [0.25, 0.3) is 0 Å². The molecule has 0 spiro atoms. The van der Waals surface area contributed by atoms with E-state index in [1.165, 1.54) is 4.88 Å². The lowest BCUT2D eigenvalue weighted by Crippen LogP contribution is -2.30. The van der Waals surface area contributed by atoms with Gasteiger partial charge in [-0.05, 0) is 45.8 Å². The molecule has 2 aromatic rings. The van der Waals surface area contributed by atoms with Crippen LogP contribution >= 0.6 is 38.9 Å². The van der Waals surface area contributed by atoms with Gasteiger partial charge in [-0.15, -0.1) is 11.3 Å². The summed E-state index contributed by atoms with van der Waals surface area (Å²) in [5, 5.41) is 0.630. The predicted molar refractivity (Wildman–Crippen MR) is 81.7 cm³/mol. The fourth-order valence-electron chi connectivity index (χ4n) is 1.78. The average Bonchev–Trinajstić information content (AvgIpc) is 2.72. The molecule has 1 aromatic carbocycles. The van der Waals surface area contributed by atoms with Crippen molar-refractivity contribution in [2.24, 2.45) is 5.84 Å². The summed E-state index contributed by atoms with van der Waals surface area (Å²) < 4.78 is 1.11. The van der Waals surface area contributed by atoms with E-state index in [0.29, 0.717) is 10.7 Å². The molecule has 0 radical (unpaired) electrons. The minimum absolute atomic E-state index is 0.0205. The largest absolute Gasteiger partial charge is 0.398 e. The van der Waals surface area contributed by atoms with Crippen molar-refractivity contribution in [3.05, 3.63) is 49.6 Å². The molecular formula is C12H13BrClN3S. The third-order valence-corrected chi connectivity index (χ3v) is 4.54. The first-order valence-corrected chi connectivity index (χ1v) is 7.34. The van der Waals surface area contributed by atoms with Crippen LogP contribution in [0.5, 0.6) is 0 Å². The molecule has 1 atom stereocenters. The fraction of sp³-hybridized carbons (Fsp3) is 0.167. The Morgan fingerprint density at radius 2 is 2.11 bits per heavy atom. The number of rotatable bonds is 4. The number of nitrogens with two attached hydrogens (primary N) is 2. The molecule has 0 aliphatic carbocycles. The summed E-state index contributed by atoms with van der Waals surface area (Å²) in [6, 6.07) is 9.55. The topological polar surface area (TPSA) is 64.1 Å². The molecule has 0 fully saturated rings. The van der Waals surface area contributed by atoms with E-state index >= 15 is 0 Å².